The van der Waals surface area contributed by atoms with Gasteiger partial charge in [-0.1, -0.05) is 45.0 Å². The summed E-state index contributed by atoms with van der Waals surface area (Å²) in [4.78, 5) is 4.66. The van der Waals surface area contributed by atoms with Crippen LogP contribution in [0.4, 0.5) is 0 Å². The predicted octanol–water partition coefficient (Wildman–Crippen LogP) is 4.47. The Labute approximate surface area is 155 Å². The van der Waals surface area contributed by atoms with Gasteiger partial charge in [0.05, 0.1) is 17.6 Å². The van der Waals surface area contributed by atoms with E-state index in [0.717, 1.165) is 34.6 Å². The molecular weight excluding hydrogens is 324 g/mol. The van der Waals surface area contributed by atoms with Crippen molar-refractivity contribution < 1.29 is 9.84 Å². The zero-order chi connectivity index (χ0) is 18.7. The summed E-state index contributed by atoms with van der Waals surface area (Å²) < 4.78 is 8.09. The van der Waals surface area contributed by atoms with Crippen LogP contribution in [0.1, 0.15) is 43.6 Å². The molecule has 26 heavy (non-hydrogen) atoms. The van der Waals surface area contributed by atoms with Crippen molar-refractivity contribution in [3.05, 3.63) is 59.4 Å². The number of rotatable bonds is 7. The van der Waals surface area contributed by atoms with E-state index in [9.17, 15) is 5.11 Å². The van der Waals surface area contributed by atoms with Crippen LogP contribution >= 0.6 is 0 Å². The van der Waals surface area contributed by atoms with Crippen LogP contribution in [0.3, 0.4) is 0 Å². The van der Waals surface area contributed by atoms with Gasteiger partial charge in [-0.3, -0.25) is 0 Å². The molecule has 0 saturated carbocycles. The maximum absolute atomic E-state index is 10.6. The number of aliphatic hydroxyl groups excluding tert-OH is 1. The lowest BCUT2D eigenvalue weighted by atomic mass is 10.0. The van der Waals surface area contributed by atoms with Crippen LogP contribution < -0.4 is 4.74 Å². The van der Waals surface area contributed by atoms with Crippen molar-refractivity contribution in [3.63, 3.8) is 0 Å². The lowest BCUT2D eigenvalue weighted by Gasteiger charge is -2.18. The Bertz CT molecular complexity index is 883. The average Bonchev–Trinajstić information content (AvgIpc) is 2.97. The Hall–Kier alpha value is -2.33. The quantitative estimate of drug-likeness (QED) is 0.682. The Morgan fingerprint density at radius 3 is 2.65 bits per heavy atom. The van der Waals surface area contributed by atoms with Gasteiger partial charge in [0, 0.05) is 6.42 Å². The van der Waals surface area contributed by atoms with Crippen molar-refractivity contribution >= 4 is 11.0 Å². The van der Waals surface area contributed by atoms with Crippen molar-refractivity contribution in [2.24, 2.45) is 0 Å². The molecule has 4 nitrogen and oxygen atoms in total. The van der Waals surface area contributed by atoms with Crippen LogP contribution in [0.2, 0.25) is 0 Å². The fraction of sp³-hybridized carbons (Fsp3) is 0.409. The molecule has 3 aromatic rings. The second-order valence-electron chi connectivity index (χ2n) is 7.14. The first-order chi connectivity index (χ1) is 12.5. The molecule has 1 atom stereocenters. The van der Waals surface area contributed by atoms with E-state index in [2.05, 4.69) is 49.4 Å². The molecule has 0 bridgehead atoms. The van der Waals surface area contributed by atoms with Crippen molar-refractivity contribution in [1.29, 1.82) is 0 Å². The summed E-state index contributed by atoms with van der Waals surface area (Å²) in [6.07, 6.45) is 0.232. The lowest BCUT2D eigenvalue weighted by molar-refractivity contribution is 0.0921. The molecule has 0 spiro atoms. The standard InChI is InChI=1S/C22H28N2O2/c1-5-22-23-19-8-6-7-9-20(19)24(22)13-17(25)14-26-21-12-16(4)10-11-18(21)15(2)3/h6-12,15,17,25H,5,13-14H2,1-4H3/t17-/m0/s1. The minimum absolute atomic E-state index is 0.263. The number of nitrogens with zero attached hydrogens (tertiary/aromatic N) is 2. The van der Waals surface area contributed by atoms with Crippen LogP contribution in [0.25, 0.3) is 11.0 Å². The number of para-hydroxylation sites is 2. The van der Waals surface area contributed by atoms with Gasteiger partial charge in [-0.05, 0) is 42.2 Å². The number of hydrogen-bond acceptors (Lipinski definition) is 3. The van der Waals surface area contributed by atoms with E-state index in [1.54, 1.807) is 0 Å². The topological polar surface area (TPSA) is 47.3 Å². The van der Waals surface area contributed by atoms with E-state index in [-0.39, 0.29) is 6.61 Å². The molecule has 0 fully saturated rings. The second kappa shape index (κ2) is 7.92. The second-order valence-corrected chi connectivity index (χ2v) is 7.14. The molecule has 0 radical (unpaired) electrons. The van der Waals surface area contributed by atoms with Crippen LogP contribution in [0.5, 0.6) is 5.75 Å². The highest BCUT2D eigenvalue weighted by atomic mass is 16.5. The summed E-state index contributed by atoms with van der Waals surface area (Å²) >= 11 is 0. The minimum Gasteiger partial charge on any atom is -0.491 e. The summed E-state index contributed by atoms with van der Waals surface area (Å²) in [7, 11) is 0. The average molecular weight is 352 g/mol. The third-order valence-corrected chi connectivity index (χ3v) is 4.67. The number of hydrogen-bond donors (Lipinski definition) is 1. The van der Waals surface area contributed by atoms with E-state index < -0.39 is 6.10 Å². The Kier molecular flexibility index (Phi) is 5.62. The first-order valence-electron chi connectivity index (χ1n) is 9.35. The van der Waals surface area contributed by atoms with Crippen molar-refractivity contribution in [3.8, 4) is 5.75 Å². The van der Waals surface area contributed by atoms with E-state index in [0.29, 0.717) is 12.5 Å². The maximum Gasteiger partial charge on any atom is 0.123 e. The monoisotopic (exact) mass is 352 g/mol. The molecule has 138 valence electrons. The molecule has 1 aromatic heterocycles. The van der Waals surface area contributed by atoms with Gasteiger partial charge < -0.3 is 14.4 Å². The molecule has 1 heterocycles. The Balaban J connectivity index is 1.74. The Morgan fingerprint density at radius 1 is 1.15 bits per heavy atom. The van der Waals surface area contributed by atoms with Crippen molar-refractivity contribution in [2.75, 3.05) is 6.61 Å². The summed E-state index contributed by atoms with van der Waals surface area (Å²) in [5.41, 5.74) is 4.36. The van der Waals surface area contributed by atoms with Gasteiger partial charge in [-0.2, -0.15) is 0 Å². The minimum atomic E-state index is -0.599. The van der Waals surface area contributed by atoms with Gasteiger partial charge in [0.15, 0.2) is 0 Å². The molecule has 0 unspecified atom stereocenters. The van der Waals surface area contributed by atoms with Crippen LogP contribution in [0.15, 0.2) is 42.5 Å². The maximum atomic E-state index is 10.6. The van der Waals surface area contributed by atoms with Crippen molar-refractivity contribution in [2.45, 2.75) is 52.7 Å². The predicted molar refractivity (Wildman–Crippen MR) is 106 cm³/mol. The summed E-state index contributed by atoms with van der Waals surface area (Å²) in [5.74, 6) is 2.24. The third-order valence-electron chi connectivity index (χ3n) is 4.67. The number of aryl methyl sites for hydroxylation is 2. The zero-order valence-corrected chi connectivity index (χ0v) is 16.1. The number of aromatic nitrogens is 2. The van der Waals surface area contributed by atoms with Gasteiger partial charge in [-0.25, -0.2) is 4.98 Å². The smallest absolute Gasteiger partial charge is 0.123 e. The lowest BCUT2D eigenvalue weighted by Crippen LogP contribution is -2.24. The number of aliphatic hydroxyl groups is 1. The highest BCUT2D eigenvalue weighted by Gasteiger charge is 2.15. The first-order valence-corrected chi connectivity index (χ1v) is 9.35. The molecule has 0 aliphatic rings. The van der Waals surface area contributed by atoms with E-state index in [1.807, 2.05) is 30.3 Å². The Morgan fingerprint density at radius 2 is 1.92 bits per heavy atom. The molecule has 0 saturated heterocycles. The molecule has 4 heteroatoms. The number of benzene rings is 2. The fourth-order valence-corrected chi connectivity index (χ4v) is 3.29. The summed E-state index contributed by atoms with van der Waals surface area (Å²) in [5, 5.41) is 10.6. The molecular formula is C22H28N2O2. The van der Waals surface area contributed by atoms with E-state index in [4.69, 9.17) is 4.74 Å². The number of fused-ring (bicyclic) bond motifs is 1. The van der Waals surface area contributed by atoms with Gasteiger partial charge in [0.25, 0.3) is 0 Å². The number of ether oxygens (including phenoxy) is 1. The highest BCUT2D eigenvalue weighted by Crippen LogP contribution is 2.27. The van der Waals surface area contributed by atoms with Gasteiger partial charge in [0.1, 0.15) is 24.3 Å². The molecule has 0 aliphatic carbocycles. The van der Waals surface area contributed by atoms with Crippen LogP contribution in [-0.4, -0.2) is 27.4 Å². The fourth-order valence-electron chi connectivity index (χ4n) is 3.29. The van der Waals surface area contributed by atoms with E-state index >= 15 is 0 Å². The van der Waals surface area contributed by atoms with Crippen LogP contribution in [0, 0.1) is 6.92 Å². The van der Waals surface area contributed by atoms with Gasteiger partial charge >= 0.3 is 0 Å². The summed E-state index contributed by atoms with van der Waals surface area (Å²) in [6.45, 7) is 9.18. The van der Waals surface area contributed by atoms with Crippen LogP contribution in [-0.2, 0) is 13.0 Å². The number of imidazole rings is 1. The molecule has 1 N–H and O–H groups in total. The van der Waals surface area contributed by atoms with Gasteiger partial charge in [0.2, 0.25) is 0 Å². The normalized spacial score (nSPS) is 12.7. The SMILES string of the molecule is CCc1nc2ccccc2n1C[C@H](O)COc1cc(C)ccc1C(C)C. The highest BCUT2D eigenvalue weighted by molar-refractivity contribution is 5.75. The zero-order valence-electron chi connectivity index (χ0n) is 16.1. The molecule has 2 aromatic carbocycles. The summed E-state index contributed by atoms with van der Waals surface area (Å²) in [6, 6.07) is 14.3. The van der Waals surface area contributed by atoms with Gasteiger partial charge in [-0.15, -0.1) is 0 Å². The first kappa shape index (κ1) is 18.5. The van der Waals surface area contributed by atoms with E-state index in [1.165, 1.54) is 5.56 Å². The molecule has 3 rings (SSSR count). The third kappa shape index (κ3) is 3.91. The molecule has 0 amide bonds. The largest absolute Gasteiger partial charge is 0.491 e. The van der Waals surface area contributed by atoms with Crippen molar-refractivity contribution in [1.82, 2.24) is 9.55 Å². The molecule has 0 aliphatic heterocycles.